The molecule has 2 aromatic heterocycles. The molecule has 1 aromatic carbocycles. The zero-order valence-electron chi connectivity index (χ0n) is 15.0. The van der Waals surface area contributed by atoms with Crippen LogP contribution in [0.4, 0.5) is 0 Å². The number of aliphatic imine (C=N–C) groups is 1. The molecule has 5 nitrogen and oxygen atoms in total. The Labute approximate surface area is 148 Å². The zero-order valence-corrected chi connectivity index (χ0v) is 15.0. The van der Waals surface area contributed by atoms with Crippen LogP contribution < -0.4 is 10.6 Å². The molecule has 0 fully saturated rings. The van der Waals surface area contributed by atoms with Gasteiger partial charge in [0.2, 0.25) is 0 Å². The molecule has 130 valence electrons. The Morgan fingerprint density at radius 3 is 2.68 bits per heavy atom. The van der Waals surface area contributed by atoms with E-state index in [1.165, 1.54) is 11.1 Å². The van der Waals surface area contributed by atoms with Crippen LogP contribution in [0.15, 0.2) is 52.0 Å². The smallest absolute Gasteiger partial charge is 0.191 e. The Hall–Kier alpha value is -2.82. The average Bonchev–Trinajstić information content (AvgIpc) is 2.96. The predicted octanol–water partition coefficient (Wildman–Crippen LogP) is 3.35. The van der Waals surface area contributed by atoms with Crippen molar-refractivity contribution in [3.63, 3.8) is 0 Å². The number of fused-ring (bicyclic) bond motifs is 1. The molecule has 0 saturated carbocycles. The molecule has 0 radical (unpaired) electrons. The lowest BCUT2D eigenvalue weighted by Crippen LogP contribution is -2.37. The van der Waals surface area contributed by atoms with Crippen molar-refractivity contribution < 1.29 is 4.42 Å². The first-order valence-electron chi connectivity index (χ1n) is 8.50. The molecule has 2 heterocycles. The molecule has 0 bridgehead atoms. The van der Waals surface area contributed by atoms with Gasteiger partial charge >= 0.3 is 0 Å². The van der Waals surface area contributed by atoms with E-state index < -0.39 is 0 Å². The molecule has 25 heavy (non-hydrogen) atoms. The minimum absolute atomic E-state index is 0.603. The van der Waals surface area contributed by atoms with Crippen molar-refractivity contribution in [1.29, 1.82) is 0 Å². The lowest BCUT2D eigenvalue weighted by molar-refractivity contribution is 0.534. The number of aryl methyl sites for hydroxylation is 2. The Kier molecular flexibility index (Phi) is 5.33. The Bertz CT molecular complexity index is 865. The number of rotatable bonds is 5. The van der Waals surface area contributed by atoms with E-state index in [1.54, 1.807) is 7.05 Å². The van der Waals surface area contributed by atoms with Gasteiger partial charge in [0.25, 0.3) is 0 Å². The highest BCUT2D eigenvalue weighted by atomic mass is 16.3. The third-order valence-electron chi connectivity index (χ3n) is 4.26. The van der Waals surface area contributed by atoms with E-state index in [9.17, 15) is 0 Å². The molecule has 0 aliphatic carbocycles. The van der Waals surface area contributed by atoms with Crippen molar-refractivity contribution in [2.75, 3.05) is 13.6 Å². The molecular weight excluding hydrogens is 312 g/mol. The molecular formula is C20H24N4O. The summed E-state index contributed by atoms with van der Waals surface area (Å²) in [5.41, 5.74) is 4.34. The largest absolute Gasteiger partial charge is 0.459 e. The van der Waals surface area contributed by atoms with Crippen LogP contribution in [0.5, 0.6) is 0 Å². The van der Waals surface area contributed by atoms with Gasteiger partial charge < -0.3 is 15.1 Å². The van der Waals surface area contributed by atoms with E-state index in [0.29, 0.717) is 6.54 Å². The minimum atomic E-state index is 0.603. The molecule has 5 heteroatoms. The summed E-state index contributed by atoms with van der Waals surface area (Å²) < 4.78 is 5.93. The van der Waals surface area contributed by atoms with E-state index in [-0.39, 0.29) is 0 Å². The molecule has 0 atom stereocenters. The van der Waals surface area contributed by atoms with E-state index in [0.717, 1.165) is 41.3 Å². The van der Waals surface area contributed by atoms with E-state index in [2.05, 4.69) is 39.7 Å². The van der Waals surface area contributed by atoms with Crippen molar-refractivity contribution in [1.82, 2.24) is 15.6 Å². The summed E-state index contributed by atoms with van der Waals surface area (Å²) in [6.07, 6.45) is 2.82. The van der Waals surface area contributed by atoms with Gasteiger partial charge in [-0.05, 0) is 38.0 Å². The van der Waals surface area contributed by atoms with Crippen LogP contribution >= 0.6 is 0 Å². The fourth-order valence-electron chi connectivity index (χ4n) is 2.75. The molecule has 0 saturated heterocycles. The number of aromatic nitrogens is 1. The Balaban J connectivity index is 1.53. The molecule has 0 aliphatic heterocycles. The number of benzene rings is 1. The SMILES string of the molecule is CN=C(NCCc1ccc(C)nc1)NCc1oc2ccccc2c1C. The molecule has 0 spiro atoms. The number of guanidine groups is 1. The summed E-state index contributed by atoms with van der Waals surface area (Å²) in [4.78, 5) is 8.59. The van der Waals surface area contributed by atoms with Gasteiger partial charge in [-0.1, -0.05) is 24.3 Å². The first kappa shape index (κ1) is 17.0. The van der Waals surface area contributed by atoms with Gasteiger partial charge in [-0.15, -0.1) is 0 Å². The summed E-state index contributed by atoms with van der Waals surface area (Å²) in [5, 5.41) is 7.80. The van der Waals surface area contributed by atoms with Gasteiger partial charge in [-0.25, -0.2) is 0 Å². The van der Waals surface area contributed by atoms with Crippen LogP contribution in [0.2, 0.25) is 0 Å². The first-order chi connectivity index (χ1) is 12.2. The number of nitrogens with zero attached hydrogens (tertiary/aromatic N) is 2. The molecule has 0 unspecified atom stereocenters. The number of pyridine rings is 1. The number of nitrogens with one attached hydrogen (secondary N) is 2. The quantitative estimate of drug-likeness (QED) is 0.554. The third kappa shape index (κ3) is 4.18. The maximum absolute atomic E-state index is 5.93. The lowest BCUT2D eigenvalue weighted by atomic mass is 10.1. The number of hydrogen-bond donors (Lipinski definition) is 2. The average molecular weight is 336 g/mol. The molecule has 3 aromatic rings. The molecule has 0 aliphatic rings. The van der Waals surface area contributed by atoms with Gasteiger partial charge in [0.05, 0.1) is 6.54 Å². The van der Waals surface area contributed by atoms with E-state index >= 15 is 0 Å². The molecule has 3 rings (SSSR count). The molecule has 2 N–H and O–H groups in total. The van der Waals surface area contributed by atoms with Crippen LogP contribution in [-0.4, -0.2) is 24.5 Å². The number of hydrogen-bond acceptors (Lipinski definition) is 3. The van der Waals surface area contributed by atoms with Crippen molar-refractivity contribution >= 4 is 16.9 Å². The fraction of sp³-hybridized carbons (Fsp3) is 0.300. The second kappa shape index (κ2) is 7.83. The van der Waals surface area contributed by atoms with Crippen molar-refractivity contribution in [2.45, 2.75) is 26.8 Å². The van der Waals surface area contributed by atoms with E-state index in [1.807, 2.05) is 37.4 Å². The maximum atomic E-state index is 5.93. The predicted molar refractivity (Wildman–Crippen MR) is 102 cm³/mol. The summed E-state index contributed by atoms with van der Waals surface area (Å²) in [6.45, 7) is 5.48. The summed E-state index contributed by atoms with van der Waals surface area (Å²) in [6, 6.07) is 12.2. The van der Waals surface area contributed by atoms with Crippen LogP contribution in [0.1, 0.15) is 22.6 Å². The van der Waals surface area contributed by atoms with Crippen LogP contribution in [-0.2, 0) is 13.0 Å². The lowest BCUT2D eigenvalue weighted by Gasteiger charge is -2.11. The monoisotopic (exact) mass is 336 g/mol. The highest BCUT2D eigenvalue weighted by molar-refractivity contribution is 5.82. The van der Waals surface area contributed by atoms with Gasteiger partial charge in [-0.2, -0.15) is 0 Å². The first-order valence-corrected chi connectivity index (χ1v) is 8.50. The fourth-order valence-corrected chi connectivity index (χ4v) is 2.75. The Morgan fingerprint density at radius 2 is 1.96 bits per heavy atom. The van der Waals surface area contributed by atoms with Gasteiger partial charge in [0, 0.05) is 36.4 Å². The summed E-state index contributed by atoms with van der Waals surface area (Å²) in [5.74, 6) is 1.70. The van der Waals surface area contributed by atoms with Crippen LogP contribution in [0.3, 0.4) is 0 Å². The van der Waals surface area contributed by atoms with Crippen molar-refractivity contribution in [3.8, 4) is 0 Å². The van der Waals surface area contributed by atoms with Gasteiger partial charge in [0.1, 0.15) is 11.3 Å². The van der Waals surface area contributed by atoms with Gasteiger partial charge in [-0.3, -0.25) is 9.98 Å². The normalized spacial score (nSPS) is 11.7. The van der Waals surface area contributed by atoms with Crippen molar-refractivity contribution in [3.05, 3.63) is 65.2 Å². The topological polar surface area (TPSA) is 62.5 Å². The van der Waals surface area contributed by atoms with Crippen LogP contribution in [0, 0.1) is 13.8 Å². The summed E-state index contributed by atoms with van der Waals surface area (Å²) in [7, 11) is 1.77. The maximum Gasteiger partial charge on any atom is 0.191 e. The van der Waals surface area contributed by atoms with Gasteiger partial charge in [0.15, 0.2) is 5.96 Å². The highest BCUT2D eigenvalue weighted by Gasteiger charge is 2.10. The third-order valence-corrected chi connectivity index (χ3v) is 4.26. The number of furan rings is 1. The van der Waals surface area contributed by atoms with Crippen molar-refractivity contribution in [2.24, 2.45) is 4.99 Å². The number of para-hydroxylation sites is 1. The Morgan fingerprint density at radius 1 is 1.12 bits per heavy atom. The highest BCUT2D eigenvalue weighted by Crippen LogP contribution is 2.24. The standard InChI is InChI=1S/C20H24N4O/c1-14-8-9-16(12-23-14)10-11-22-20(21-3)24-13-19-15(2)17-6-4-5-7-18(17)25-19/h4-9,12H,10-11,13H2,1-3H3,(H2,21,22,24). The zero-order chi connectivity index (χ0) is 17.6. The minimum Gasteiger partial charge on any atom is -0.459 e. The molecule has 0 amide bonds. The van der Waals surface area contributed by atoms with Crippen LogP contribution in [0.25, 0.3) is 11.0 Å². The van der Waals surface area contributed by atoms with E-state index in [4.69, 9.17) is 4.42 Å². The second-order valence-corrected chi connectivity index (χ2v) is 6.06. The second-order valence-electron chi connectivity index (χ2n) is 6.06. The summed E-state index contributed by atoms with van der Waals surface area (Å²) >= 11 is 0.